The number of ether oxygens (including phenoxy) is 1. The van der Waals surface area contributed by atoms with Gasteiger partial charge >= 0.3 is 6.09 Å². The maximum Gasteiger partial charge on any atom is 0.415 e. The molecule has 2 aromatic heterocycles. The number of aromatic nitrogens is 3. The molecule has 0 saturated heterocycles. The molecule has 0 fully saturated rings. The Morgan fingerprint density at radius 2 is 1.91 bits per heavy atom. The van der Waals surface area contributed by atoms with Crippen LogP contribution in [0.3, 0.4) is 0 Å². The maximum absolute atomic E-state index is 12.4. The Bertz CT molecular complexity index is 683. The highest BCUT2D eigenvalue weighted by atomic mass is 32.1. The summed E-state index contributed by atoms with van der Waals surface area (Å²) in [6.45, 7) is 9.75. The van der Waals surface area contributed by atoms with Gasteiger partial charge in [0, 0.05) is 25.0 Å². The molecule has 2 rings (SSSR count). The van der Waals surface area contributed by atoms with E-state index < -0.39 is 5.60 Å². The number of thiazole rings is 1. The second-order valence-electron chi connectivity index (χ2n) is 6.22. The molecule has 0 atom stereocenters. The van der Waals surface area contributed by atoms with Gasteiger partial charge in [0.2, 0.25) is 0 Å². The summed E-state index contributed by atoms with van der Waals surface area (Å²) in [6, 6.07) is 0. The lowest BCUT2D eigenvalue weighted by molar-refractivity contribution is 0.00992. The Morgan fingerprint density at radius 1 is 1.30 bits per heavy atom. The fourth-order valence-electron chi connectivity index (χ4n) is 1.73. The zero-order valence-electron chi connectivity index (χ0n) is 14.3. The first kappa shape index (κ1) is 17.3. The van der Waals surface area contributed by atoms with E-state index in [0.29, 0.717) is 0 Å². The van der Waals surface area contributed by atoms with Crippen LogP contribution in [0.1, 0.15) is 33.4 Å². The lowest BCUT2D eigenvalue weighted by atomic mass is 9.95. The minimum Gasteiger partial charge on any atom is -0.443 e. The van der Waals surface area contributed by atoms with E-state index in [4.69, 9.17) is 4.74 Å². The molecule has 2 aromatic rings. The number of anilines is 1. The van der Waals surface area contributed by atoms with E-state index in [0.717, 1.165) is 21.3 Å². The van der Waals surface area contributed by atoms with Gasteiger partial charge in [-0.25, -0.2) is 19.7 Å². The van der Waals surface area contributed by atoms with Crippen LogP contribution in [0.15, 0.2) is 18.7 Å². The van der Waals surface area contributed by atoms with E-state index in [2.05, 4.69) is 15.0 Å². The van der Waals surface area contributed by atoms with Crippen LogP contribution < -0.4 is 4.90 Å². The van der Waals surface area contributed by atoms with Crippen molar-refractivity contribution in [1.29, 1.82) is 0 Å². The van der Waals surface area contributed by atoms with Crippen LogP contribution in [0.25, 0.3) is 10.6 Å². The van der Waals surface area contributed by atoms with Crippen LogP contribution in [0.5, 0.6) is 0 Å². The van der Waals surface area contributed by atoms with Gasteiger partial charge in [-0.05, 0) is 26.7 Å². The minimum atomic E-state index is -0.528. The topological polar surface area (TPSA) is 68.2 Å². The fourth-order valence-corrected chi connectivity index (χ4v) is 2.72. The summed E-state index contributed by atoms with van der Waals surface area (Å²) in [5.74, 6) is 0.222. The Morgan fingerprint density at radius 3 is 2.48 bits per heavy atom. The van der Waals surface area contributed by atoms with Crippen molar-refractivity contribution in [3.63, 3.8) is 0 Å². The second kappa shape index (κ2) is 6.62. The van der Waals surface area contributed by atoms with Crippen molar-refractivity contribution in [1.82, 2.24) is 15.0 Å². The predicted octanol–water partition coefficient (Wildman–Crippen LogP) is 3.92. The summed E-state index contributed by atoms with van der Waals surface area (Å²) in [5.41, 5.74) is 1.08. The summed E-state index contributed by atoms with van der Waals surface area (Å²) >= 11 is 1.42. The van der Waals surface area contributed by atoms with Crippen molar-refractivity contribution in [3.05, 3.63) is 24.4 Å². The molecule has 0 aliphatic carbocycles. The van der Waals surface area contributed by atoms with E-state index >= 15 is 0 Å². The number of carbonyl (C=O) groups excluding carboxylic acids is 1. The fraction of sp³-hybridized carbons (Fsp3) is 0.500. The molecular formula is C16H22N4O2S. The van der Waals surface area contributed by atoms with E-state index in [1.807, 2.05) is 34.6 Å². The average molecular weight is 334 g/mol. The number of nitrogens with zero attached hydrogens (tertiary/aromatic N) is 4. The van der Waals surface area contributed by atoms with Crippen molar-refractivity contribution < 1.29 is 9.53 Å². The number of aryl methyl sites for hydroxylation is 1. The van der Waals surface area contributed by atoms with Gasteiger partial charge in [-0.15, -0.1) is 0 Å². The lowest BCUT2D eigenvalue weighted by Gasteiger charge is -2.31. The van der Waals surface area contributed by atoms with Crippen LogP contribution in [-0.4, -0.2) is 33.7 Å². The third kappa shape index (κ3) is 3.85. The number of hydrogen-bond acceptors (Lipinski definition) is 6. The van der Waals surface area contributed by atoms with E-state index in [1.165, 1.54) is 22.6 Å². The molecule has 0 bridgehead atoms. The molecule has 0 spiro atoms. The summed E-state index contributed by atoms with van der Waals surface area (Å²) in [7, 11) is 1.70. The number of amides is 1. The largest absolute Gasteiger partial charge is 0.443 e. The van der Waals surface area contributed by atoms with Crippen molar-refractivity contribution in [2.45, 2.75) is 40.2 Å². The third-order valence-corrected chi connectivity index (χ3v) is 5.18. The first-order chi connectivity index (χ1) is 10.7. The molecule has 1 amide bonds. The first-order valence-electron chi connectivity index (χ1n) is 7.42. The molecule has 0 radical (unpaired) electrons. The highest BCUT2D eigenvalue weighted by Gasteiger charge is 2.30. The van der Waals surface area contributed by atoms with Crippen molar-refractivity contribution in [3.8, 4) is 10.6 Å². The molecule has 0 saturated carbocycles. The van der Waals surface area contributed by atoms with Crippen LogP contribution in [0.4, 0.5) is 9.80 Å². The molecule has 7 heteroatoms. The maximum atomic E-state index is 12.4. The van der Waals surface area contributed by atoms with Crippen molar-refractivity contribution in [2.75, 3.05) is 11.9 Å². The van der Waals surface area contributed by atoms with Gasteiger partial charge in [0.1, 0.15) is 21.9 Å². The third-order valence-electron chi connectivity index (χ3n) is 3.90. The van der Waals surface area contributed by atoms with Gasteiger partial charge in [0.15, 0.2) is 0 Å². The van der Waals surface area contributed by atoms with Gasteiger partial charge in [-0.1, -0.05) is 25.2 Å². The lowest BCUT2D eigenvalue weighted by Crippen LogP contribution is -2.39. The molecule has 2 heterocycles. The second-order valence-corrected chi connectivity index (χ2v) is 7.20. The molecule has 23 heavy (non-hydrogen) atoms. The van der Waals surface area contributed by atoms with Gasteiger partial charge in [0.25, 0.3) is 0 Å². The van der Waals surface area contributed by atoms with Crippen LogP contribution in [0, 0.1) is 12.8 Å². The van der Waals surface area contributed by atoms with Gasteiger partial charge in [-0.3, -0.25) is 4.90 Å². The Kier molecular flexibility index (Phi) is 4.99. The van der Waals surface area contributed by atoms with Crippen molar-refractivity contribution in [2.24, 2.45) is 5.92 Å². The van der Waals surface area contributed by atoms with Gasteiger partial charge in [-0.2, -0.15) is 0 Å². The summed E-state index contributed by atoms with van der Waals surface area (Å²) in [5, 5.41) is 1.54. The standard InChI is InChI=1S/C16H22N4O2S/c1-10(2)16(4,5)22-15(21)20(6)14-11(3)19-13(23-14)12-7-17-9-18-8-12/h7-10H,1-6H3. The molecule has 0 aromatic carbocycles. The average Bonchev–Trinajstić information content (AvgIpc) is 2.88. The van der Waals surface area contributed by atoms with Crippen LogP contribution >= 0.6 is 11.3 Å². The summed E-state index contributed by atoms with van der Waals surface area (Å²) < 4.78 is 5.63. The Labute approximate surface area is 140 Å². The molecule has 0 unspecified atom stereocenters. The van der Waals surface area contributed by atoms with E-state index in [-0.39, 0.29) is 12.0 Å². The zero-order valence-corrected chi connectivity index (χ0v) is 15.1. The normalized spacial score (nSPS) is 11.6. The molecular weight excluding hydrogens is 312 g/mol. The molecule has 0 aliphatic rings. The zero-order chi connectivity index (χ0) is 17.2. The van der Waals surface area contributed by atoms with Gasteiger partial charge < -0.3 is 4.74 Å². The summed E-state index contributed by atoms with van der Waals surface area (Å²) in [6.07, 6.45) is 4.50. The Balaban J connectivity index is 2.22. The Hall–Kier alpha value is -2.02. The molecule has 0 N–H and O–H groups in total. The van der Waals surface area contributed by atoms with Crippen LogP contribution in [-0.2, 0) is 4.74 Å². The number of hydrogen-bond donors (Lipinski definition) is 0. The smallest absolute Gasteiger partial charge is 0.415 e. The van der Waals surface area contributed by atoms with Crippen LogP contribution in [0.2, 0.25) is 0 Å². The quantitative estimate of drug-likeness (QED) is 0.848. The summed E-state index contributed by atoms with van der Waals surface area (Å²) in [4.78, 5) is 26.4. The van der Waals surface area contributed by atoms with E-state index in [9.17, 15) is 4.79 Å². The highest BCUT2D eigenvalue weighted by Crippen LogP contribution is 2.34. The SMILES string of the molecule is Cc1nc(-c2cncnc2)sc1N(C)C(=O)OC(C)(C)C(C)C. The van der Waals surface area contributed by atoms with Crippen molar-refractivity contribution >= 4 is 22.4 Å². The first-order valence-corrected chi connectivity index (χ1v) is 8.23. The molecule has 6 nitrogen and oxygen atoms in total. The number of carbonyl (C=O) groups is 1. The molecule has 124 valence electrons. The number of rotatable bonds is 4. The van der Waals surface area contributed by atoms with E-state index in [1.54, 1.807) is 19.4 Å². The minimum absolute atomic E-state index is 0.222. The van der Waals surface area contributed by atoms with Gasteiger partial charge in [0.05, 0.1) is 5.69 Å². The highest BCUT2D eigenvalue weighted by molar-refractivity contribution is 7.19. The monoisotopic (exact) mass is 334 g/mol. The predicted molar refractivity (Wildman–Crippen MR) is 91.7 cm³/mol. The molecule has 0 aliphatic heterocycles.